The fraction of sp³-hybridized carbons (Fsp3) is 1.00. The van der Waals surface area contributed by atoms with E-state index >= 15 is 0 Å². The lowest BCUT2D eigenvalue weighted by Crippen LogP contribution is -2.38. The van der Waals surface area contributed by atoms with Gasteiger partial charge in [0.05, 0.1) is 0 Å². The van der Waals surface area contributed by atoms with Crippen LogP contribution in [0.25, 0.3) is 0 Å². The zero-order valence-corrected chi connectivity index (χ0v) is 6.60. The van der Waals surface area contributed by atoms with Crippen LogP contribution in [-0.4, -0.2) is 24.1 Å². The minimum atomic E-state index is 0. The molecular weight excluding hydrogens is 150 g/mol. The molecule has 1 N–H and O–H groups in total. The summed E-state index contributed by atoms with van der Waals surface area (Å²) in [6.45, 7) is 2.59. The first-order chi connectivity index (χ1) is 4.97. The molecule has 1 aliphatic carbocycles. The molecule has 0 aromatic heterocycles. The molecule has 2 heteroatoms. The van der Waals surface area contributed by atoms with Crippen LogP contribution in [0, 0.1) is 11.8 Å². The lowest BCUT2D eigenvalue weighted by Gasteiger charge is -2.35. The minimum absolute atomic E-state index is 0. The quantitative estimate of drug-likeness (QED) is 0.518. The van der Waals surface area contributed by atoms with Gasteiger partial charge in [0.1, 0.15) is 0 Å². The van der Waals surface area contributed by atoms with Crippen molar-refractivity contribution in [3.8, 4) is 0 Å². The Balaban J connectivity index is 0.000000605. The highest BCUT2D eigenvalue weighted by molar-refractivity contribution is 5.75. The molecule has 2 aliphatic rings. The molecule has 0 bridgehead atoms. The Kier molecular flexibility index (Phi) is 3.59. The summed E-state index contributed by atoms with van der Waals surface area (Å²) < 4.78 is 0. The van der Waals surface area contributed by atoms with Gasteiger partial charge in [0, 0.05) is 0 Å². The van der Waals surface area contributed by atoms with E-state index < -0.39 is 0 Å². The predicted molar refractivity (Wildman–Crippen MR) is 54.3 cm³/mol. The fourth-order valence-electron chi connectivity index (χ4n) is 2.51. The van der Waals surface area contributed by atoms with Crippen molar-refractivity contribution in [2.24, 2.45) is 11.8 Å². The molecule has 1 aliphatic heterocycles. The summed E-state index contributed by atoms with van der Waals surface area (Å²) >= 11 is 0. The SMILES string of the molecule is C1CCC2CNCCC2C1.[SiH4]. The summed E-state index contributed by atoms with van der Waals surface area (Å²) in [5, 5.41) is 3.48. The number of hydrogen-bond acceptors (Lipinski definition) is 1. The molecule has 1 heterocycles. The van der Waals surface area contributed by atoms with Crippen molar-refractivity contribution in [1.82, 2.24) is 5.32 Å². The maximum atomic E-state index is 3.48. The van der Waals surface area contributed by atoms with Gasteiger partial charge in [0.25, 0.3) is 0 Å². The van der Waals surface area contributed by atoms with Gasteiger partial charge >= 0.3 is 0 Å². The van der Waals surface area contributed by atoms with Gasteiger partial charge < -0.3 is 5.32 Å². The van der Waals surface area contributed by atoms with Crippen molar-refractivity contribution in [1.29, 1.82) is 0 Å². The second-order valence-corrected chi connectivity index (χ2v) is 3.80. The Morgan fingerprint density at radius 1 is 0.909 bits per heavy atom. The summed E-state index contributed by atoms with van der Waals surface area (Å²) in [6, 6.07) is 0. The molecule has 2 unspecified atom stereocenters. The summed E-state index contributed by atoms with van der Waals surface area (Å²) in [5.41, 5.74) is 0. The van der Waals surface area contributed by atoms with E-state index in [0.717, 1.165) is 11.8 Å². The van der Waals surface area contributed by atoms with Crippen molar-refractivity contribution >= 4 is 11.0 Å². The van der Waals surface area contributed by atoms with Crippen molar-refractivity contribution in [3.63, 3.8) is 0 Å². The minimum Gasteiger partial charge on any atom is -0.316 e. The van der Waals surface area contributed by atoms with Gasteiger partial charge in [-0.2, -0.15) is 0 Å². The lowest BCUT2D eigenvalue weighted by molar-refractivity contribution is 0.185. The Hall–Kier alpha value is 0.177. The van der Waals surface area contributed by atoms with E-state index in [1.54, 1.807) is 0 Å². The van der Waals surface area contributed by atoms with Crippen LogP contribution in [-0.2, 0) is 0 Å². The number of piperidine rings is 1. The molecule has 0 amide bonds. The third-order valence-corrected chi connectivity index (χ3v) is 3.16. The Morgan fingerprint density at radius 2 is 1.64 bits per heavy atom. The first-order valence-electron chi connectivity index (χ1n) is 4.67. The largest absolute Gasteiger partial charge is 0.316 e. The summed E-state index contributed by atoms with van der Waals surface area (Å²) in [4.78, 5) is 0. The Bertz CT molecular complexity index is 90.1. The highest BCUT2D eigenvalue weighted by Crippen LogP contribution is 2.33. The standard InChI is InChI=1S/C9H17N.H4Si/c1-2-4-9-7-10-6-5-8(9)3-1;/h8-10H,1-7H2;1H4. The van der Waals surface area contributed by atoms with Crippen LogP contribution in [0.1, 0.15) is 32.1 Å². The van der Waals surface area contributed by atoms with Gasteiger partial charge in [-0.15, -0.1) is 0 Å². The Labute approximate surface area is 74.0 Å². The molecule has 0 spiro atoms. The van der Waals surface area contributed by atoms with Crippen LogP contribution < -0.4 is 5.32 Å². The lowest BCUT2D eigenvalue weighted by atomic mass is 9.76. The average Bonchev–Trinajstić information content (AvgIpc) is 2.05. The predicted octanol–water partition coefficient (Wildman–Crippen LogP) is 0.334. The zero-order valence-electron chi connectivity index (χ0n) is 6.60. The van der Waals surface area contributed by atoms with E-state index in [9.17, 15) is 0 Å². The van der Waals surface area contributed by atoms with Gasteiger partial charge in [0.2, 0.25) is 0 Å². The van der Waals surface area contributed by atoms with E-state index in [4.69, 9.17) is 0 Å². The Morgan fingerprint density at radius 3 is 2.36 bits per heavy atom. The normalized spacial score (nSPS) is 37.1. The highest BCUT2D eigenvalue weighted by atomic mass is 28.1. The van der Waals surface area contributed by atoms with Gasteiger partial charge in [-0.25, -0.2) is 0 Å². The molecule has 0 radical (unpaired) electrons. The summed E-state index contributed by atoms with van der Waals surface area (Å²) in [7, 11) is 0. The fourth-order valence-corrected chi connectivity index (χ4v) is 2.51. The van der Waals surface area contributed by atoms with Crippen LogP contribution in [0.3, 0.4) is 0 Å². The molecule has 1 saturated carbocycles. The summed E-state index contributed by atoms with van der Waals surface area (Å²) in [6.07, 6.45) is 7.46. The van der Waals surface area contributed by atoms with Gasteiger partial charge in [0.15, 0.2) is 0 Å². The van der Waals surface area contributed by atoms with Gasteiger partial charge in [-0.05, 0) is 48.7 Å². The molecule has 11 heavy (non-hydrogen) atoms. The van der Waals surface area contributed by atoms with Gasteiger partial charge in [-0.3, -0.25) is 0 Å². The second-order valence-electron chi connectivity index (χ2n) is 3.80. The number of nitrogens with one attached hydrogen (secondary N) is 1. The maximum absolute atomic E-state index is 3.48. The van der Waals surface area contributed by atoms with E-state index in [-0.39, 0.29) is 11.0 Å². The molecular formula is C9H21NSi. The van der Waals surface area contributed by atoms with E-state index in [1.807, 2.05) is 0 Å². The molecule has 66 valence electrons. The van der Waals surface area contributed by atoms with Crippen LogP contribution in [0.2, 0.25) is 0 Å². The van der Waals surface area contributed by atoms with Crippen molar-refractivity contribution in [3.05, 3.63) is 0 Å². The number of rotatable bonds is 0. The van der Waals surface area contributed by atoms with Gasteiger partial charge in [-0.1, -0.05) is 19.3 Å². The third kappa shape index (κ3) is 2.06. The van der Waals surface area contributed by atoms with Crippen molar-refractivity contribution < 1.29 is 0 Å². The number of fused-ring (bicyclic) bond motifs is 1. The molecule has 0 aromatic rings. The van der Waals surface area contributed by atoms with Crippen LogP contribution in [0.15, 0.2) is 0 Å². The van der Waals surface area contributed by atoms with E-state index in [2.05, 4.69) is 5.32 Å². The molecule has 1 saturated heterocycles. The number of hydrogen-bond donors (Lipinski definition) is 1. The first-order valence-corrected chi connectivity index (χ1v) is 4.67. The van der Waals surface area contributed by atoms with Crippen LogP contribution >= 0.6 is 0 Å². The smallest absolute Gasteiger partial charge is 0.00179 e. The van der Waals surface area contributed by atoms with E-state index in [0.29, 0.717) is 0 Å². The first kappa shape index (κ1) is 9.27. The highest BCUT2D eigenvalue weighted by Gasteiger charge is 2.26. The monoisotopic (exact) mass is 171 g/mol. The van der Waals surface area contributed by atoms with Crippen LogP contribution in [0.4, 0.5) is 0 Å². The van der Waals surface area contributed by atoms with Crippen molar-refractivity contribution in [2.75, 3.05) is 13.1 Å². The topological polar surface area (TPSA) is 12.0 Å². The maximum Gasteiger partial charge on any atom is -0.00179 e. The van der Waals surface area contributed by atoms with Crippen molar-refractivity contribution in [2.45, 2.75) is 32.1 Å². The zero-order chi connectivity index (χ0) is 6.81. The molecule has 2 fully saturated rings. The van der Waals surface area contributed by atoms with E-state index in [1.165, 1.54) is 45.2 Å². The third-order valence-electron chi connectivity index (χ3n) is 3.16. The molecule has 2 rings (SSSR count). The van der Waals surface area contributed by atoms with Crippen LogP contribution in [0.5, 0.6) is 0 Å². The second kappa shape index (κ2) is 4.26. The molecule has 1 nitrogen and oxygen atoms in total. The summed E-state index contributed by atoms with van der Waals surface area (Å²) in [5.74, 6) is 2.14. The molecule has 2 atom stereocenters. The molecule has 0 aromatic carbocycles. The average molecular weight is 171 g/mol.